The lowest BCUT2D eigenvalue weighted by Crippen LogP contribution is -2.34. The van der Waals surface area contributed by atoms with Crippen LogP contribution in [0.3, 0.4) is 0 Å². The fraction of sp³-hybridized carbons (Fsp3) is 0.625. The maximum absolute atomic E-state index is 6.37. The maximum Gasteiger partial charge on any atom is 0.0441 e. The first-order valence-corrected chi connectivity index (χ1v) is 7.44. The molecule has 1 saturated carbocycles. The highest BCUT2D eigenvalue weighted by molar-refractivity contribution is 6.31. The molecule has 2 N–H and O–H groups in total. The number of halogens is 1. The first-order valence-electron chi connectivity index (χ1n) is 7.07. The van der Waals surface area contributed by atoms with E-state index in [0.717, 1.165) is 17.4 Å². The zero-order chi connectivity index (χ0) is 13.1. The summed E-state index contributed by atoms with van der Waals surface area (Å²) in [5.41, 5.74) is 8.79. The van der Waals surface area contributed by atoms with Gasteiger partial charge in [-0.15, -0.1) is 0 Å². The number of benzene rings is 1. The summed E-state index contributed by atoms with van der Waals surface area (Å²) in [5, 5.41) is 0.870. The number of nitrogens with two attached hydrogens (primary N) is 1. The molecule has 1 aromatic carbocycles. The predicted octanol–water partition coefficient (Wildman–Crippen LogP) is 4.34. The Kier molecular flexibility index (Phi) is 4.69. The van der Waals surface area contributed by atoms with Gasteiger partial charge >= 0.3 is 0 Å². The van der Waals surface area contributed by atoms with Crippen LogP contribution in [0.4, 0.5) is 0 Å². The second-order valence-electron chi connectivity index (χ2n) is 5.98. The summed E-state index contributed by atoms with van der Waals surface area (Å²) in [7, 11) is 0. The largest absolute Gasteiger partial charge is 0.327 e. The van der Waals surface area contributed by atoms with Crippen LogP contribution in [0, 0.1) is 18.8 Å². The van der Waals surface area contributed by atoms with E-state index in [9.17, 15) is 0 Å². The number of hydrogen-bond donors (Lipinski definition) is 1. The van der Waals surface area contributed by atoms with Crippen LogP contribution in [0.5, 0.6) is 0 Å². The van der Waals surface area contributed by atoms with Crippen LogP contribution in [-0.4, -0.2) is 6.04 Å². The van der Waals surface area contributed by atoms with Crippen molar-refractivity contribution < 1.29 is 0 Å². The third kappa shape index (κ3) is 3.49. The zero-order valence-electron chi connectivity index (χ0n) is 11.5. The molecule has 1 aromatic rings. The Hall–Kier alpha value is -0.530. The minimum Gasteiger partial charge on any atom is -0.327 e. The van der Waals surface area contributed by atoms with Gasteiger partial charge in [0.1, 0.15) is 0 Å². The van der Waals surface area contributed by atoms with E-state index in [4.69, 9.17) is 17.3 Å². The zero-order valence-corrected chi connectivity index (χ0v) is 12.2. The van der Waals surface area contributed by atoms with Crippen molar-refractivity contribution in [2.24, 2.45) is 17.6 Å². The van der Waals surface area contributed by atoms with Crippen molar-refractivity contribution in [2.45, 2.75) is 52.0 Å². The molecule has 0 radical (unpaired) electrons. The number of rotatable bonds is 3. The van der Waals surface area contributed by atoms with Crippen LogP contribution in [0.25, 0.3) is 0 Å². The first-order chi connectivity index (χ1) is 8.56. The molecule has 0 bridgehead atoms. The van der Waals surface area contributed by atoms with Crippen molar-refractivity contribution in [1.82, 2.24) is 0 Å². The van der Waals surface area contributed by atoms with Gasteiger partial charge in [0.15, 0.2) is 0 Å². The monoisotopic (exact) mass is 265 g/mol. The highest BCUT2D eigenvalue weighted by Crippen LogP contribution is 2.31. The van der Waals surface area contributed by atoms with Crippen molar-refractivity contribution in [1.29, 1.82) is 0 Å². The Balaban J connectivity index is 1.96. The summed E-state index contributed by atoms with van der Waals surface area (Å²) in [6.07, 6.45) is 6.15. The summed E-state index contributed by atoms with van der Waals surface area (Å²) in [5.74, 6) is 1.56. The Labute approximate surface area is 116 Å². The smallest absolute Gasteiger partial charge is 0.0441 e. The van der Waals surface area contributed by atoms with Gasteiger partial charge in [0.2, 0.25) is 0 Å². The van der Waals surface area contributed by atoms with E-state index in [0.29, 0.717) is 5.92 Å². The Morgan fingerprint density at radius 2 is 1.94 bits per heavy atom. The molecule has 2 heteroatoms. The van der Waals surface area contributed by atoms with Crippen LogP contribution in [0.15, 0.2) is 18.2 Å². The van der Waals surface area contributed by atoms with Gasteiger partial charge in [-0.1, -0.05) is 43.5 Å². The molecule has 0 heterocycles. The molecule has 1 aliphatic carbocycles. The molecule has 1 nitrogen and oxygen atoms in total. The fourth-order valence-electron chi connectivity index (χ4n) is 2.95. The van der Waals surface area contributed by atoms with Gasteiger partial charge < -0.3 is 5.73 Å². The quantitative estimate of drug-likeness (QED) is 0.864. The number of hydrogen-bond acceptors (Lipinski definition) is 1. The third-order valence-corrected chi connectivity index (χ3v) is 4.68. The minimum absolute atomic E-state index is 0.262. The van der Waals surface area contributed by atoms with Gasteiger partial charge in [0.25, 0.3) is 0 Å². The van der Waals surface area contributed by atoms with Crippen molar-refractivity contribution in [2.75, 3.05) is 0 Å². The van der Waals surface area contributed by atoms with E-state index in [1.54, 1.807) is 0 Å². The molecule has 1 fully saturated rings. The molecule has 1 aliphatic rings. The molecule has 0 spiro atoms. The molecule has 100 valence electrons. The van der Waals surface area contributed by atoms with Crippen molar-refractivity contribution in [3.8, 4) is 0 Å². The topological polar surface area (TPSA) is 26.0 Å². The lowest BCUT2D eigenvalue weighted by molar-refractivity contribution is 0.253. The lowest BCUT2D eigenvalue weighted by Gasteiger charge is -2.30. The second kappa shape index (κ2) is 6.08. The second-order valence-corrected chi connectivity index (χ2v) is 6.39. The van der Waals surface area contributed by atoms with Gasteiger partial charge in [-0.05, 0) is 55.2 Å². The van der Waals surface area contributed by atoms with Crippen LogP contribution in [-0.2, 0) is 6.42 Å². The van der Waals surface area contributed by atoms with E-state index in [2.05, 4.69) is 26.0 Å². The van der Waals surface area contributed by atoms with Crippen molar-refractivity contribution in [3.05, 3.63) is 34.3 Å². The maximum atomic E-state index is 6.37. The van der Waals surface area contributed by atoms with E-state index in [1.165, 1.54) is 36.8 Å². The normalized spacial score (nSPS) is 26.0. The third-order valence-electron chi connectivity index (χ3n) is 4.33. The van der Waals surface area contributed by atoms with Crippen molar-refractivity contribution >= 4 is 11.6 Å². The molecular formula is C16H24ClN. The number of aryl methyl sites for hydroxylation is 1. The van der Waals surface area contributed by atoms with Crippen LogP contribution < -0.4 is 5.73 Å². The van der Waals surface area contributed by atoms with Crippen LogP contribution in [0.1, 0.15) is 43.7 Å². The molecular weight excluding hydrogens is 242 g/mol. The van der Waals surface area contributed by atoms with E-state index >= 15 is 0 Å². The van der Waals surface area contributed by atoms with E-state index < -0.39 is 0 Å². The summed E-state index contributed by atoms with van der Waals surface area (Å²) in [6, 6.07) is 6.55. The average molecular weight is 266 g/mol. The molecule has 18 heavy (non-hydrogen) atoms. The van der Waals surface area contributed by atoms with Crippen LogP contribution >= 0.6 is 11.6 Å². The van der Waals surface area contributed by atoms with Gasteiger partial charge in [0.05, 0.1) is 0 Å². The molecule has 0 amide bonds. The predicted molar refractivity (Wildman–Crippen MR) is 79.0 cm³/mol. The van der Waals surface area contributed by atoms with Gasteiger partial charge in [0, 0.05) is 11.1 Å². The Morgan fingerprint density at radius 3 is 2.56 bits per heavy atom. The molecule has 1 unspecified atom stereocenters. The minimum atomic E-state index is 0.262. The summed E-state index contributed by atoms with van der Waals surface area (Å²) in [4.78, 5) is 0. The standard InChI is InChI=1S/C16H24ClN/c1-11-3-6-13(7-4-11)16(18)10-14-8-5-12(2)9-15(14)17/h5,8-9,11,13,16H,3-4,6-7,10,18H2,1-2H3. The summed E-state index contributed by atoms with van der Waals surface area (Å²) >= 11 is 6.28. The molecule has 1 atom stereocenters. The highest BCUT2D eigenvalue weighted by Gasteiger charge is 2.24. The molecule has 2 rings (SSSR count). The van der Waals surface area contributed by atoms with Crippen molar-refractivity contribution in [3.63, 3.8) is 0 Å². The molecule has 0 aromatic heterocycles. The molecule has 0 saturated heterocycles. The molecule has 0 aliphatic heterocycles. The van der Waals surface area contributed by atoms with Crippen LogP contribution in [0.2, 0.25) is 5.02 Å². The van der Waals surface area contributed by atoms with Gasteiger partial charge in [-0.2, -0.15) is 0 Å². The first kappa shape index (κ1) is 13.9. The highest BCUT2D eigenvalue weighted by atomic mass is 35.5. The van der Waals surface area contributed by atoms with Gasteiger partial charge in [-0.3, -0.25) is 0 Å². The lowest BCUT2D eigenvalue weighted by atomic mass is 9.78. The average Bonchev–Trinajstić information content (AvgIpc) is 2.33. The Morgan fingerprint density at radius 1 is 1.28 bits per heavy atom. The Bertz CT molecular complexity index is 394. The van der Waals surface area contributed by atoms with E-state index in [-0.39, 0.29) is 6.04 Å². The fourth-order valence-corrected chi connectivity index (χ4v) is 3.26. The summed E-state index contributed by atoms with van der Waals surface area (Å²) in [6.45, 7) is 4.41. The van der Waals surface area contributed by atoms with E-state index in [1.807, 2.05) is 6.07 Å². The SMILES string of the molecule is Cc1ccc(CC(N)C2CCC(C)CC2)c(Cl)c1. The summed E-state index contributed by atoms with van der Waals surface area (Å²) < 4.78 is 0. The van der Waals surface area contributed by atoms with Gasteiger partial charge in [-0.25, -0.2) is 0 Å².